The molecule has 2 heterocycles. The van der Waals surface area contributed by atoms with Crippen LogP contribution in [0, 0.1) is 0 Å². The molecule has 2 aliphatic heterocycles. The number of nitrogens with zero attached hydrogens (tertiary/aromatic N) is 2. The van der Waals surface area contributed by atoms with Crippen molar-refractivity contribution in [1.29, 1.82) is 0 Å². The molecular weight excluding hydrogens is 450 g/mol. The van der Waals surface area contributed by atoms with Crippen molar-refractivity contribution in [3.63, 3.8) is 0 Å². The van der Waals surface area contributed by atoms with Gasteiger partial charge in [-0.2, -0.15) is 0 Å². The zero-order valence-electron chi connectivity index (χ0n) is 18.8. The number of rotatable bonds is 6. The highest BCUT2D eigenvalue weighted by Gasteiger charge is 2.33. The lowest BCUT2D eigenvalue weighted by Crippen LogP contribution is -2.45. The fourth-order valence-corrected chi connectivity index (χ4v) is 6.09. The number of benzene rings is 3. The molecule has 1 atom stereocenters. The zero-order chi connectivity index (χ0) is 22.8. The lowest BCUT2D eigenvalue weighted by molar-refractivity contribution is 0.0951. The van der Waals surface area contributed by atoms with E-state index in [-0.39, 0.29) is 12.1 Å². The third kappa shape index (κ3) is 4.63. The van der Waals surface area contributed by atoms with Gasteiger partial charge >= 0.3 is 0 Å². The van der Waals surface area contributed by atoms with Crippen molar-refractivity contribution >= 4 is 40.6 Å². The van der Waals surface area contributed by atoms with Gasteiger partial charge in [-0.3, -0.25) is 9.69 Å². The largest absolute Gasteiger partial charge is 0.348 e. The summed E-state index contributed by atoms with van der Waals surface area (Å²) >= 11 is 7.87. The summed E-state index contributed by atoms with van der Waals surface area (Å²) in [7, 11) is 0. The lowest BCUT2D eigenvalue weighted by Gasteiger charge is -2.42. The molecule has 1 amide bonds. The number of carbonyl (C=O) groups is 1. The second kappa shape index (κ2) is 9.80. The molecule has 0 bridgehead atoms. The fraction of sp³-hybridized carbons (Fsp3) is 0.296. The molecule has 1 unspecified atom stereocenters. The average Bonchev–Trinajstić information content (AvgIpc) is 3.37. The van der Waals surface area contributed by atoms with Crippen molar-refractivity contribution < 1.29 is 4.79 Å². The van der Waals surface area contributed by atoms with Crippen LogP contribution in [0.25, 0.3) is 0 Å². The van der Waals surface area contributed by atoms with Crippen LogP contribution >= 0.6 is 23.4 Å². The number of anilines is 2. The summed E-state index contributed by atoms with van der Waals surface area (Å²) in [5.74, 6) is -0.0733. The summed E-state index contributed by atoms with van der Waals surface area (Å²) in [6, 6.07) is 22.3. The highest BCUT2D eigenvalue weighted by Crippen LogP contribution is 2.50. The van der Waals surface area contributed by atoms with E-state index in [1.165, 1.54) is 28.3 Å². The summed E-state index contributed by atoms with van der Waals surface area (Å²) < 4.78 is 0. The zero-order valence-corrected chi connectivity index (χ0v) is 20.3. The Bertz CT molecular complexity index is 1160. The minimum absolute atomic E-state index is 0.0733. The summed E-state index contributed by atoms with van der Waals surface area (Å²) in [4.78, 5) is 20.6. The molecule has 5 rings (SSSR count). The van der Waals surface area contributed by atoms with Gasteiger partial charge < -0.3 is 10.2 Å². The minimum Gasteiger partial charge on any atom is -0.348 e. The van der Waals surface area contributed by atoms with Gasteiger partial charge in [-0.25, -0.2) is 0 Å². The average molecular weight is 478 g/mol. The van der Waals surface area contributed by atoms with E-state index in [2.05, 4.69) is 58.4 Å². The van der Waals surface area contributed by atoms with Gasteiger partial charge in [-0.05, 0) is 67.3 Å². The van der Waals surface area contributed by atoms with Gasteiger partial charge in [-0.1, -0.05) is 54.6 Å². The van der Waals surface area contributed by atoms with Crippen molar-refractivity contribution in [2.75, 3.05) is 18.0 Å². The molecule has 0 radical (unpaired) electrons. The second-order valence-electron chi connectivity index (χ2n) is 8.57. The van der Waals surface area contributed by atoms with Crippen LogP contribution in [0.4, 0.5) is 11.4 Å². The van der Waals surface area contributed by atoms with Crippen molar-refractivity contribution in [1.82, 2.24) is 10.2 Å². The minimum atomic E-state index is -0.0733. The first-order valence-electron chi connectivity index (χ1n) is 11.6. The normalized spacial score (nSPS) is 16.2. The van der Waals surface area contributed by atoms with E-state index in [1.54, 1.807) is 11.8 Å². The van der Waals surface area contributed by atoms with Crippen LogP contribution < -0.4 is 10.2 Å². The Balaban J connectivity index is 1.46. The fourth-order valence-electron chi connectivity index (χ4n) is 4.82. The van der Waals surface area contributed by atoms with Gasteiger partial charge in [-0.15, -0.1) is 0 Å². The number of carbonyl (C=O) groups excluding carboxylic acids is 1. The Morgan fingerprint density at radius 2 is 1.79 bits per heavy atom. The number of hydrogen-bond donors (Lipinski definition) is 1. The maximum Gasteiger partial charge on any atom is 0.251 e. The maximum atomic E-state index is 13.1. The van der Waals surface area contributed by atoms with Crippen molar-refractivity contribution in [3.05, 3.63) is 82.9 Å². The Morgan fingerprint density at radius 3 is 2.58 bits per heavy atom. The highest BCUT2D eigenvalue weighted by molar-refractivity contribution is 7.99. The molecule has 1 saturated heterocycles. The van der Waals surface area contributed by atoms with E-state index in [0.29, 0.717) is 17.1 Å². The van der Waals surface area contributed by atoms with Crippen molar-refractivity contribution in [3.8, 4) is 0 Å². The summed E-state index contributed by atoms with van der Waals surface area (Å²) in [6.45, 7) is 4.95. The van der Waals surface area contributed by atoms with Gasteiger partial charge in [0.2, 0.25) is 0 Å². The number of likely N-dealkylation sites (tertiary alicyclic amines) is 1. The van der Waals surface area contributed by atoms with Gasteiger partial charge in [0.25, 0.3) is 5.91 Å². The van der Waals surface area contributed by atoms with Crippen LogP contribution in [0.15, 0.2) is 76.5 Å². The van der Waals surface area contributed by atoms with Gasteiger partial charge in [0.15, 0.2) is 0 Å². The number of halogens is 1. The first-order chi connectivity index (χ1) is 16.1. The number of para-hydroxylation sites is 1. The quantitative estimate of drug-likeness (QED) is 0.428. The molecule has 3 aromatic carbocycles. The molecule has 0 spiro atoms. The summed E-state index contributed by atoms with van der Waals surface area (Å²) in [6.07, 6.45) is 3.79. The smallest absolute Gasteiger partial charge is 0.251 e. The number of fused-ring (bicyclic) bond motifs is 2. The predicted octanol–water partition coefficient (Wildman–Crippen LogP) is 6.70. The Hall–Kier alpha value is -2.47. The molecule has 6 heteroatoms. The first-order valence-corrected chi connectivity index (χ1v) is 12.8. The van der Waals surface area contributed by atoms with Crippen molar-refractivity contribution in [2.24, 2.45) is 0 Å². The lowest BCUT2D eigenvalue weighted by atomic mass is 10.1. The number of amides is 1. The topological polar surface area (TPSA) is 35.6 Å². The number of hydrogen-bond acceptors (Lipinski definition) is 4. The standard InChI is InChI=1S/C27H28ClN3OS/c1-2-26(30-14-5-6-15-30)31-22-10-3-4-11-24(22)33-25-13-12-20(17-23(25)31)27(32)29-18-19-8-7-9-21(28)16-19/h3-4,7-13,16-17,26H,2,5-6,14-15,18H2,1H3,(H,29,32). The molecule has 2 aliphatic rings. The molecule has 0 aliphatic carbocycles. The number of nitrogens with one attached hydrogen (secondary N) is 1. The van der Waals surface area contributed by atoms with Gasteiger partial charge in [0.1, 0.15) is 0 Å². The molecule has 170 valence electrons. The Labute approximate surface area is 204 Å². The molecular formula is C27H28ClN3OS. The highest BCUT2D eigenvalue weighted by atomic mass is 35.5. The SMILES string of the molecule is CCC(N1CCCC1)N1c2ccccc2Sc2ccc(C(=O)NCc3cccc(Cl)c3)cc21. The summed E-state index contributed by atoms with van der Waals surface area (Å²) in [5.41, 5.74) is 4.01. The Kier molecular flexibility index (Phi) is 6.63. The molecule has 1 fully saturated rings. The van der Waals surface area contributed by atoms with Crippen LogP contribution in [-0.4, -0.2) is 30.1 Å². The second-order valence-corrected chi connectivity index (χ2v) is 10.1. The van der Waals surface area contributed by atoms with Gasteiger partial charge in [0, 0.05) is 40.0 Å². The van der Waals surface area contributed by atoms with E-state index in [4.69, 9.17) is 11.6 Å². The molecule has 3 aromatic rings. The van der Waals surface area contributed by atoms with E-state index in [1.807, 2.05) is 30.3 Å². The molecule has 0 saturated carbocycles. The summed E-state index contributed by atoms with van der Waals surface area (Å²) in [5, 5.41) is 3.72. The first kappa shape index (κ1) is 22.3. The van der Waals surface area contributed by atoms with E-state index < -0.39 is 0 Å². The molecule has 33 heavy (non-hydrogen) atoms. The monoisotopic (exact) mass is 477 g/mol. The molecule has 1 N–H and O–H groups in total. The third-order valence-corrected chi connectivity index (χ3v) is 7.76. The molecule has 0 aromatic heterocycles. The predicted molar refractivity (Wildman–Crippen MR) is 137 cm³/mol. The van der Waals surface area contributed by atoms with Crippen LogP contribution in [0.2, 0.25) is 5.02 Å². The van der Waals surface area contributed by atoms with E-state index in [9.17, 15) is 4.79 Å². The van der Waals surface area contributed by atoms with Crippen LogP contribution in [0.5, 0.6) is 0 Å². The van der Waals surface area contributed by atoms with Crippen LogP contribution in [0.3, 0.4) is 0 Å². The van der Waals surface area contributed by atoms with Crippen LogP contribution in [-0.2, 0) is 6.54 Å². The molecule has 4 nitrogen and oxygen atoms in total. The van der Waals surface area contributed by atoms with Gasteiger partial charge in [0.05, 0.1) is 17.5 Å². The third-order valence-electron chi connectivity index (χ3n) is 6.39. The van der Waals surface area contributed by atoms with E-state index >= 15 is 0 Å². The maximum absolute atomic E-state index is 13.1. The van der Waals surface area contributed by atoms with E-state index in [0.717, 1.165) is 30.8 Å². The Morgan fingerprint density at radius 1 is 1.00 bits per heavy atom. The van der Waals surface area contributed by atoms with Crippen molar-refractivity contribution in [2.45, 2.75) is 48.7 Å². The van der Waals surface area contributed by atoms with Crippen LogP contribution in [0.1, 0.15) is 42.1 Å².